The Kier molecular flexibility index (Phi) is 9.32. The van der Waals surface area contributed by atoms with Crippen molar-refractivity contribution >= 4 is 0 Å². The molecule has 0 atom stereocenters. The predicted molar refractivity (Wildman–Crippen MR) is 212 cm³/mol. The standard InChI is InChI=1S/C47H25N9/c48-24-30-1-5-34(6-2-30)43-22-19-38(23-44(43)35-7-3-31(25-49)4-8-35)47-55-45(36-13-9-32(10-14-36)39-17-20-41(26-50)52-28-39)54-46(56-47)37-15-11-33(12-16-37)40-18-21-42(27-51)53-29-40/h1-23,28-29H. The van der Waals surface area contributed by atoms with Crippen LogP contribution < -0.4 is 0 Å². The first-order valence-electron chi connectivity index (χ1n) is 17.4. The number of benzene rings is 5. The van der Waals surface area contributed by atoms with Gasteiger partial charge in [-0.1, -0.05) is 84.9 Å². The van der Waals surface area contributed by atoms with Crippen LogP contribution in [0.25, 0.3) is 78.7 Å². The fraction of sp³-hybridized carbons (Fsp3) is 0. The Bertz CT molecular complexity index is 2770. The van der Waals surface area contributed by atoms with Crippen molar-refractivity contribution in [1.29, 1.82) is 21.0 Å². The van der Waals surface area contributed by atoms with E-state index < -0.39 is 0 Å². The van der Waals surface area contributed by atoms with Crippen molar-refractivity contribution in [2.24, 2.45) is 0 Å². The molecule has 8 rings (SSSR count). The SMILES string of the molecule is N#Cc1ccc(-c2ccc(-c3nc(-c4ccc(-c5ccc(C#N)nc5)cc4)nc(-c4ccc(-c5ccc(C#N)nc5)cc4)n3)cc2-c2ccc(C#N)cc2)cc1. The first kappa shape index (κ1) is 34.5. The zero-order valence-electron chi connectivity index (χ0n) is 29.5. The van der Waals surface area contributed by atoms with Gasteiger partial charge in [0, 0.05) is 40.2 Å². The molecule has 0 saturated heterocycles. The lowest BCUT2D eigenvalue weighted by molar-refractivity contribution is 1.07. The Balaban J connectivity index is 1.25. The maximum atomic E-state index is 9.47. The van der Waals surface area contributed by atoms with Crippen molar-refractivity contribution in [3.05, 3.63) is 174 Å². The van der Waals surface area contributed by atoms with E-state index in [1.54, 1.807) is 48.8 Å². The molecule has 5 aromatic carbocycles. The molecule has 3 aromatic heterocycles. The minimum Gasteiger partial charge on any atom is -0.245 e. The summed E-state index contributed by atoms with van der Waals surface area (Å²) in [6.45, 7) is 0. The van der Waals surface area contributed by atoms with Crippen LogP contribution in [-0.2, 0) is 0 Å². The van der Waals surface area contributed by atoms with Gasteiger partial charge in [0.1, 0.15) is 23.5 Å². The Labute approximate surface area is 322 Å². The van der Waals surface area contributed by atoms with Crippen molar-refractivity contribution in [1.82, 2.24) is 24.9 Å². The van der Waals surface area contributed by atoms with Gasteiger partial charge in [0.15, 0.2) is 17.5 Å². The molecular formula is C47H25N9. The molecule has 56 heavy (non-hydrogen) atoms. The molecule has 0 amide bonds. The molecule has 0 bridgehead atoms. The third-order valence-corrected chi connectivity index (χ3v) is 9.27. The van der Waals surface area contributed by atoms with Crippen LogP contribution in [0.2, 0.25) is 0 Å². The van der Waals surface area contributed by atoms with Crippen LogP contribution in [0.1, 0.15) is 22.5 Å². The summed E-state index contributed by atoms with van der Waals surface area (Å²) in [6, 6.07) is 52.2. The molecule has 0 saturated carbocycles. The van der Waals surface area contributed by atoms with Crippen LogP contribution >= 0.6 is 0 Å². The highest BCUT2D eigenvalue weighted by Crippen LogP contribution is 2.36. The lowest BCUT2D eigenvalue weighted by Crippen LogP contribution is -2.01. The first-order valence-corrected chi connectivity index (χ1v) is 17.4. The summed E-state index contributed by atoms with van der Waals surface area (Å²) in [5, 5.41) is 37.2. The van der Waals surface area contributed by atoms with E-state index in [9.17, 15) is 10.5 Å². The smallest absolute Gasteiger partial charge is 0.164 e. The van der Waals surface area contributed by atoms with E-state index in [4.69, 9.17) is 25.5 Å². The fourth-order valence-electron chi connectivity index (χ4n) is 6.27. The maximum absolute atomic E-state index is 9.47. The van der Waals surface area contributed by atoms with Gasteiger partial charge in [-0.2, -0.15) is 21.0 Å². The van der Waals surface area contributed by atoms with Crippen molar-refractivity contribution in [3.63, 3.8) is 0 Å². The van der Waals surface area contributed by atoms with Gasteiger partial charge in [0.05, 0.1) is 23.3 Å². The van der Waals surface area contributed by atoms with Gasteiger partial charge in [-0.05, 0) is 88.0 Å². The van der Waals surface area contributed by atoms with Crippen molar-refractivity contribution in [2.75, 3.05) is 0 Å². The van der Waals surface area contributed by atoms with E-state index in [2.05, 4.69) is 34.2 Å². The van der Waals surface area contributed by atoms with Crippen LogP contribution in [0.3, 0.4) is 0 Å². The average molecular weight is 716 g/mol. The molecule has 0 aliphatic rings. The van der Waals surface area contributed by atoms with Crippen molar-refractivity contribution in [3.8, 4) is 103 Å². The summed E-state index contributed by atoms with van der Waals surface area (Å²) in [6.07, 6.45) is 3.36. The molecule has 0 spiro atoms. The first-order chi connectivity index (χ1) is 27.5. The van der Waals surface area contributed by atoms with Gasteiger partial charge in [0.25, 0.3) is 0 Å². The zero-order chi connectivity index (χ0) is 38.4. The number of nitriles is 4. The summed E-state index contributed by atoms with van der Waals surface area (Å²) in [7, 11) is 0. The molecule has 0 N–H and O–H groups in total. The van der Waals surface area contributed by atoms with Gasteiger partial charge in [-0.15, -0.1) is 0 Å². The molecule has 9 heteroatoms. The third kappa shape index (κ3) is 7.07. The lowest BCUT2D eigenvalue weighted by atomic mass is 9.92. The van der Waals surface area contributed by atoms with E-state index in [1.165, 1.54) is 0 Å². The minimum absolute atomic E-state index is 0.351. The summed E-state index contributed by atoms with van der Waals surface area (Å²) in [5.41, 5.74) is 11.4. The molecule has 0 unspecified atom stereocenters. The third-order valence-electron chi connectivity index (χ3n) is 9.27. The van der Waals surface area contributed by atoms with Crippen LogP contribution in [0, 0.1) is 45.3 Å². The molecule has 0 aliphatic carbocycles. The number of aromatic nitrogens is 5. The predicted octanol–water partition coefficient (Wildman–Crippen LogP) is 9.82. The van der Waals surface area contributed by atoms with E-state index in [-0.39, 0.29) is 0 Å². The maximum Gasteiger partial charge on any atom is 0.164 e. The second-order valence-corrected chi connectivity index (χ2v) is 12.7. The number of hydrogen-bond acceptors (Lipinski definition) is 9. The fourth-order valence-corrected chi connectivity index (χ4v) is 6.27. The van der Waals surface area contributed by atoms with E-state index in [1.807, 2.05) is 103 Å². The molecule has 9 nitrogen and oxygen atoms in total. The lowest BCUT2D eigenvalue weighted by Gasteiger charge is -2.14. The van der Waals surface area contributed by atoms with Gasteiger partial charge in [-0.25, -0.2) is 24.9 Å². The van der Waals surface area contributed by atoms with Crippen LogP contribution in [-0.4, -0.2) is 24.9 Å². The molecule has 0 radical (unpaired) electrons. The van der Waals surface area contributed by atoms with E-state index in [0.29, 0.717) is 40.0 Å². The highest BCUT2D eigenvalue weighted by Gasteiger charge is 2.16. The largest absolute Gasteiger partial charge is 0.245 e. The van der Waals surface area contributed by atoms with Crippen molar-refractivity contribution < 1.29 is 0 Å². The Morgan fingerprint density at radius 2 is 0.661 bits per heavy atom. The summed E-state index contributed by atoms with van der Waals surface area (Å²) in [4.78, 5) is 23.4. The number of nitrogens with zero attached hydrogens (tertiary/aromatic N) is 9. The summed E-state index contributed by atoms with van der Waals surface area (Å²) in [5.74, 6) is 1.42. The normalized spacial score (nSPS) is 10.4. The van der Waals surface area contributed by atoms with Gasteiger partial charge >= 0.3 is 0 Å². The summed E-state index contributed by atoms with van der Waals surface area (Å²) >= 11 is 0. The quantitative estimate of drug-likeness (QED) is 0.156. The van der Waals surface area contributed by atoms with Gasteiger partial charge in [0.2, 0.25) is 0 Å². The average Bonchev–Trinajstić information content (AvgIpc) is 3.29. The summed E-state index contributed by atoms with van der Waals surface area (Å²) < 4.78 is 0. The van der Waals surface area contributed by atoms with Crippen LogP contribution in [0.15, 0.2) is 152 Å². The molecule has 258 valence electrons. The monoisotopic (exact) mass is 715 g/mol. The van der Waals surface area contributed by atoms with E-state index in [0.717, 1.165) is 61.2 Å². The molecule has 8 aromatic rings. The van der Waals surface area contributed by atoms with Gasteiger partial charge in [-0.3, -0.25) is 0 Å². The van der Waals surface area contributed by atoms with Crippen molar-refractivity contribution in [2.45, 2.75) is 0 Å². The topological polar surface area (TPSA) is 160 Å². The zero-order valence-corrected chi connectivity index (χ0v) is 29.5. The molecule has 0 aliphatic heterocycles. The van der Waals surface area contributed by atoms with Crippen LogP contribution in [0.4, 0.5) is 0 Å². The molecular weight excluding hydrogens is 691 g/mol. The number of pyridine rings is 2. The van der Waals surface area contributed by atoms with E-state index >= 15 is 0 Å². The van der Waals surface area contributed by atoms with Crippen LogP contribution in [0.5, 0.6) is 0 Å². The Morgan fingerprint density at radius 3 is 1.05 bits per heavy atom. The molecule has 0 fully saturated rings. The highest BCUT2D eigenvalue weighted by atomic mass is 15.0. The highest BCUT2D eigenvalue weighted by molar-refractivity contribution is 5.87. The Morgan fingerprint density at radius 1 is 0.304 bits per heavy atom. The second kappa shape index (κ2) is 15.2. The number of rotatable bonds is 7. The second-order valence-electron chi connectivity index (χ2n) is 12.7. The Hall–Kier alpha value is -8.63. The van der Waals surface area contributed by atoms with Gasteiger partial charge < -0.3 is 0 Å². The minimum atomic E-state index is 0.351. The number of hydrogen-bond donors (Lipinski definition) is 0. The molecule has 3 heterocycles.